The molecule has 6 bridgehead atoms. The van der Waals surface area contributed by atoms with E-state index in [1.165, 1.54) is 29.1 Å². The lowest BCUT2D eigenvalue weighted by Gasteiger charge is -2.55. The molecule has 4 aromatic heterocycles. The van der Waals surface area contributed by atoms with Crippen LogP contribution in [0.25, 0.3) is 39.0 Å². The molecule has 5 aliphatic rings. The summed E-state index contributed by atoms with van der Waals surface area (Å²) < 4.78 is 53.9. The van der Waals surface area contributed by atoms with Crippen molar-refractivity contribution in [2.45, 2.75) is 63.5 Å². The Morgan fingerprint density at radius 2 is 1.75 bits per heavy atom. The van der Waals surface area contributed by atoms with Crippen LogP contribution in [0.4, 0.5) is 30.8 Å². The number of halogens is 3. The van der Waals surface area contributed by atoms with Crippen LogP contribution in [0.1, 0.15) is 25.6 Å². The smallest absolute Gasteiger partial charge is 0.245 e. The van der Waals surface area contributed by atoms with Gasteiger partial charge in [0.2, 0.25) is 17.8 Å². The number of hydrogen-bond acceptors (Lipinski definition) is 11. The minimum atomic E-state index is -0.834. The van der Waals surface area contributed by atoms with Crippen molar-refractivity contribution in [2.75, 3.05) is 55.5 Å². The molecular formula is C41H41F3N12O3. The first-order chi connectivity index (χ1) is 28.5. The third kappa shape index (κ3) is 6.02. The summed E-state index contributed by atoms with van der Waals surface area (Å²) in [7, 11) is 3.33. The zero-order valence-electron chi connectivity index (χ0n) is 32.8. The van der Waals surface area contributed by atoms with Crippen LogP contribution in [0, 0.1) is 24.4 Å². The van der Waals surface area contributed by atoms with E-state index in [4.69, 9.17) is 19.7 Å². The van der Waals surface area contributed by atoms with Gasteiger partial charge in [0.1, 0.15) is 46.9 Å². The van der Waals surface area contributed by atoms with E-state index >= 15 is 8.78 Å². The van der Waals surface area contributed by atoms with Gasteiger partial charge in [-0.05, 0) is 57.0 Å². The van der Waals surface area contributed by atoms with Gasteiger partial charge in [-0.15, -0.1) is 0 Å². The highest BCUT2D eigenvalue weighted by atomic mass is 19.1. The second-order valence-corrected chi connectivity index (χ2v) is 15.7. The molecule has 5 atom stereocenters. The van der Waals surface area contributed by atoms with Crippen molar-refractivity contribution in [2.24, 2.45) is 0 Å². The monoisotopic (exact) mass is 806 g/mol. The third-order valence-electron chi connectivity index (χ3n) is 12.2. The summed E-state index contributed by atoms with van der Waals surface area (Å²) in [6.45, 7) is 5.72. The van der Waals surface area contributed by atoms with Gasteiger partial charge in [0.25, 0.3) is 0 Å². The molecule has 11 rings (SSSR count). The normalized spacial score (nSPS) is 23.1. The number of carbonyl (C=O) groups excluding carboxylic acids is 2. The van der Waals surface area contributed by atoms with E-state index in [0.717, 1.165) is 12.1 Å². The number of amides is 2. The number of aromatic nitrogens is 7. The molecule has 5 aliphatic heterocycles. The number of nitrogens with zero attached hydrogens (tertiary/aromatic N) is 11. The Balaban J connectivity index is 1.11. The lowest BCUT2D eigenvalue weighted by Crippen LogP contribution is -2.72. The van der Waals surface area contributed by atoms with Crippen LogP contribution in [0.2, 0.25) is 0 Å². The van der Waals surface area contributed by atoms with Gasteiger partial charge in [-0.1, -0.05) is 6.07 Å². The van der Waals surface area contributed by atoms with E-state index in [-0.39, 0.29) is 54.3 Å². The highest BCUT2D eigenvalue weighted by Crippen LogP contribution is 2.40. The number of piperidine rings is 1. The molecule has 304 valence electrons. The maximum absolute atomic E-state index is 15.4. The van der Waals surface area contributed by atoms with Gasteiger partial charge in [-0.25, -0.2) is 27.8 Å². The maximum Gasteiger partial charge on any atom is 0.245 e. The summed E-state index contributed by atoms with van der Waals surface area (Å²) >= 11 is 0. The number of rotatable bonds is 5. The fourth-order valence-corrected chi connectivity index (χ4v) is 9.28. The first kappa shape index (κ1) is 37.0. The van der Waals surface area contributed by atoms with Crippen molar-refractivity contribution in [3.8, 4) is 16.9 Å². The van der Waals surface area contributed by atoms with Gasteiger partial charge in [0, 0.05) is 64.1 Å². The zero-order chi connectivity index (χ0) is 40.9. The highest BCUT2D eigenvalue weighted by molar-refractivity contribution is 5.95. The predicted molar refractivity (Wildman–Crippen MR) is 213 cm³/mol. The minimum Gasteiger partial charge on any atom is -0.378 e. The molecule has 15 nitrogen and oxygen atoms in total. The Bertz CT molecular complexity index is 2690. The molecule has 0 radical (unpaired) electrons. The Kier molecular flexibility index (Phi) is 8.73. The van der Waals surface area contributed by atoms with Gasteiger partial charge in [0.05, 0.1) is 47.0 Å². The number of nitrogens with one attached hydrogen (secondary N) is 1. The van der Waals surface area contributed by atoms with Gasteiger partial charge >= 0.3 is 0 Å². The van der Waals surface area contributed by atoms with Crippen LogP contribution >= 0.6 is 0 Å². The molecule has 4 fully saturated rings. The van der Waals surface area contributed by atoms with E-state index in [0.29, 0.717) is 77.6 Å². The molecule has 9 heterocycles. The molecule has 59 heavy (non-hydrogen) atoms. The summed E-state index contributed by atoms with van der Waals surface area (Å²) in [5, 5.41) is 8.50. The fraction of sp³-hybridized carbons (Fsp3) is 0.390. The second kappa shape index (κ2) is 13.9. The maximum atomic E-state index is 15.4. The topological polar surface area (TPSA) is 143 Å². The van der Waals surface area contributed by atoms with Gasteiger partial charge in [-0.3, -0.25) is 9.59 Å². The Labute approximate surface area is 336 Å². The SMILES string of the molecule is CCN1C[C@H]2C[C@@H](C1=O)N2c1nc(N2C[C@@H]3C[C@H]2C(=O)N(C)C[C@H](OC)Cn2c(C)nc4cc(F)cc(c42)-c2cccc(n2)N3)c2cnn(-c3ccc(F)cc3F)c2n1. The Morgan fingerprint density at radius 1 is 0.898 bits per heavy atom. The molecule has 0 aliphatic carbocycles. The van der Waals surface area contributed by atoms with Crippen LogP contribution in [-0.4, -0.2) is 127 Å². The quantitative estimate of drug-likeness (QED) is 0.267. The molecule has 18 heteroatoms. The van der Waals surface area contributed by atoms with Crippen molar-refractivity contribution in [1.82, 2.24) is 44.1 Å². The predicted octanol–water partition coefficient (Wildman–Crippen LogP) is 4.31. The number of hydrogen-bond donors (Lipinski definition) is 1. The highest BCUT2D eigenvalue weighted by Gasteiger charge is 2.52. The number of aryl methyl sites for hydroxylation is 1. The van der Waals surface area contributed by atoms with Crippen LogP contribution in [0.15, 0.2) is 54.7 Å². The Hall–Kier alpha value is -6.30. The molecule has 6 aromatic rings. The first-order valence-electron chi connectivity index (χ1n) is 19.7. The van der Waals surface area contributed by atoms with Crippen LogP contribution in [-0.2, 0) is 20.9 Å². The van der Waals surface area contributed by atoms with E-state index in [1.807, 2.05) is 51.3 Å². The molecule has 0 spiro atoms. The first-order valence-corrected chi connectivity index (χ1v) is 19.7. The molecule has 4 saturated heterocycles. The number of ether oxygens (including phenoxy) is 1. The number of carbonyl (C=O) groups is 2. The number of imidazole rings is 1. The van der Waals surface area contributed by atoms with Gasteiger partial charge in [-0.2, -0.15) is 15.1 Å². The lowest BCUT2D eigenvalue weighted by atomic mass is 9.87. The third-order valence-corrected chi connectivity index (χ3v) is 12.2. The summed E-state index contributed by atoms with van der Waals surface area (Å²) in [4.78, 5) is 55.2. The van der Waals surface area contributed by atoms with E-state index in [9.17, 15) is 14.0 Å². The molecule has 2 aromatic carbocycles. The zero-order valence-corrected chi connectivity index (χ0v) is 32.8. The number of anilines is 3. The fourth-order valence-electron chi connectivity index (χ4n) is 9.28. The second-order valence-electron chi connectivity index (χ2n) is 15.7. The molecule has 0 unspecified atom stereocenters. The number of fused-ring (bicyclic) bond motifs is 8. The van der Waals surface area contributed by atoms with Crippen molar-refractivity contribution in [1.29, 1.82) is 0 Å². The largest absolute Gasteiger partial charge is 0.378 e. The summed E-state index contributed by atoms with van der Waals surface area (Å²) in [5.74, 6) is -0.404. The molecular weight excluding hydrogens is 766 g/mol. The van der Waals surface area contributed by atoms with Gasteiger partial charge in [0.15, 0.2) is 11.5 Å². The van der Waals surface area contributed by atoms with Crippen molar-refractivity contribution in [3.63, 3.8) is 0 Å². The van der Waals surface area contributed by atoms with Crippen molar-refractivity contribution >= 4 is 51.5 Å². The number of piperazine rings is 1. The van der Waals surface area contributed by atoms with E-state index in [1.54, 1.807) is 19.1 Å². The number of methoxy groups -OCH3 is 1. The number of pyridine rings is 1. The molecule has 1 N–H and O–H groups in total. The average Bonchev–Trinajstić information content (AvgIpc) is 3.91. The van der Waals surface area contributed by atoms with Crippen LogP contribution in [0.3, 0.4) is 0 Å². The van der Waals surface area contributed by atoms with E-state index in [2.05, 4.69) is 15.4 Å². The standard InChI is InChI=1S/C41H41F3N12O3/c1-5-52-18-25-15-34(40(52)58)55(25)41-49-37(28-16-45-56(38(28)50-41)32-10-9-22(42)12-29(32)44)54-17-24-14-33(54)39(57)51(3)19-26(59-4)20-53-21(2)46-31-13-23(43)11-27(36(31)53)30-7-6-8-35(47-24)48-30/h6-13,16,24-26,33-34H,5,14-15,17-20H2,1-4H3,(H,47,48)/t24-,25+,26-,33-,34-/m0/s1. The van der Waals surface area contributed by atoms with Crippen LogP contribution < -0.4 is 15.1 Å². The lowest BCUT2D eigenvalue weighted by molar-refractivity contribution is -0.139. The number of likely N-dealkylation sites (N-methyl/N-ethyl adjacent to an activating group) is 2. The summed E-state index contributed by atoms with van der Waals surface area (Å²) in [5.41, 5.74) is 2.54. The average molecular weight is 807 g/mol. The van der Waals surface area contributed by atoms with E-state index < -0.39 is 35.6 Å². The number of benzene rings is 2. The molecule has 0 saturated carbocycles. The summed E-state index contributed by atoms with van der Waals surface area (Å²) in [6, 6.07) is 10.0. The molecule has 2 amide bonds. The minimum absolute atomic E-state index is 0.0211. The van der Waals surface area contributed by atoms with Crippen molar-refractivity contribution in [3.05, 3.63) is 78.0 Å². The Morgan fingerprint density at radius 3 is 2.53 bits per heavy atom. The van der Waals surface area contributed by atoms with Crippen molar-refractivity contribution < 1.29 is 27.5 Å². The van der Waals surface area contributed by atoms with Crippen LogP contribution in [0.5, 0.6) is 0 Å². The summed E-state index contributed by atoms with van der Waals surface area (Å²) in [6.07, 6.45) is 2.04. The van der Waals surface area contributed by atoms with Gasteiger partial charge < -0.3 is 34.2 Å².